The fraction of sp³-hybridized carbons (Fsp3) is 0.611. The molecule has 2 rings (SSSR count). The van der Waals surface area contributed by atoms with Crippen molar-refractivity contribution in [2.45, 2.75) is 39.7 Å². The molecule has 1 aliphatic rings. The minimum atomic E-state index is 0.0902. The first-order valence-corrected chi connectivity index (χ1v) is 8.14. The number of carbonyl (C=O) groups is 1. The van der Waals surface area contributed by atoms with Gasteiger partial charge in [-0.25, -0.2) is 0 Å². The molecule has 1 aromatic carbocycles. The molecule has 21 heavy (non-hydrogen) atoms. The first-order valence-electron chi connectivity index (χ1n) is 8.14. The second-order valence-electron chi connectivity index (χ2n) is 6.61. The Bertz CT molecular complexity index is 436. The summed E-state index contributed by atoms with van der Waals surface area (Å²) < 4.78 is 0. The number of likely N-dealkylation sites (tertiary alicyclic amines) is 1. The topological polar surface area (TPSA) is 32.3 Å². The van der Waals surface area contributed by atoms with E-state index in [-0.39, 0.29) is 17.9 Å². The molecule has 0 aromatic heterocycles. The van der Waals surface area contributed by atoms with Crippen LogP contribution >= 0.6 is 0 Å². The number of carbonyl (C=O) groups excluding carboxylic acids is 1. The smallest absolute Gasteiger partial charge is 0.223 e. The van der Waals surface area contributed by atoms with Crippen LogP contribution in [0.5, 0.6) is 0 Å². The van der Waals surface area contributed by atoms with E-state index in [2.05, 4.69) is 43.1 Å². The van der Waals surface area contributed by atoms with Crippen LogP contribution in [0.15, 0.2) is 30.3 Å². The molecule has 0 saturated carbocycles. The zero-order valence-corrected chi connectivity index (χ0v) is 13.5. The van der Waals surface area contributed by atoms with E-state index < -0.39 is 0 Å². The van der Waals surface area contributed by atoms with Crippen LogP contribution in [0, 0.1) is 11.8 Å². The lowest BCUT2D eigenvalue weighted by Gasteiger charge is -2.32. The van der Waals surface area contributed by atoms with E-state index in [0.29, 0.717) is 5.92 Å². The molecule has 1 N–H and O–H groups in total. The highest BCUT2D eigenvalue weighted by Gasteiger charge is 2.26. The number of benzene rings is 1. The van der Waals surface area contributed by atoms with Crippen LogP contribution in [0.4, 0.5) is 0 Å². The third-order valence-corrected chi connectivity index (χ3v) is 4.24. The molecule has 116 valence electrons. The van der Waals surface area contributed by atoms with Gasteiger partial charge < -0.3 is 10.2 Å². The summed E-state index contributed by atoms with van der Waals surface area (Å²) >= 11 is 0. The molecule has 3 nitrogen and oxygen atoms in total. The van der Waals surface area contributed by atoms with Gasteiger partial charge in [-0.2, -0.15) is 0 Å². The van der Waals surface area contributed by atoms with E-state index in [0.717, 1.165) is 32.5 Å². The highest BCUT2D eigenvalue weighted by Crippen LogP contribution is 2.20. The summed E-state index contributed by atoms with van der Waals surface area (Å²) in [5.74, 6) is 1.10. The summed E-state index contributed by atoms with van der Waals surface area (Å²) in [6.07, 6.45) is 1.97. The molecule has 1 atom stereocenters. The number of rotatable bonds is 5. The van der Waals surface area contributed by atoms with Gasteiger partial charge in [0.15, 0.2) is 0 Å². The number of amides is 1. The standard InChI is InChI=1S/C18H28N2O/c1-14(2)13-20-11-9-17(10-12-20)18(21)19-15(3)16-7-5-4-6-8-16/h4-8,14-15,17H,9-13H2,1-3H3,(H,19,21)/t15-/m0/s1. The maximum atomic E-state index is 12.4. The number of hydrogen-bond acceptors (Lipinski definition) is 2. The van der Waals surface area contributed by atoms with Crippen molar-refractivity contribution in [3.63, 3.8) is 0 Å². The van der Waals surface area contributed by atoms with Crippen LogP contribution < -0.4 is 5.32 Å². The van der Waals surface area contributed by atoms with E-state index in [1.807, 2.05) is 18.2 Å². The van der Waals surface area contributed by atoms with Crippen LogP contribution in [-0.2, 0) is 4.79 Å². The van der Waals surface area contributed by atoms with Gasteiger partial charge in [-0.3, -0.25) is 4.79 Å². The Kier molecular flexibility index (Phi) is 5.80. The lowest BCUT2D eigenvalue weighted by molar-refractivity contribution is -0.127. The number of piperidine rings is 1. The average Bonchev–Trinajstić information content (AvgIpc) is 2.48. The second-order valence-corrected chi connectivity index (χ2v) is 6.61. The van der Waals surface area contributed by atoms with Gasteiger partial charge in [-0.1, -0.05) is 44.2 Å². The highest BCUT2D eigenvalue weighted by atomic mass is 16.1. The fourth-order valence-corrected chi connectivity index (χ4v) is 3.05. The highest BCUT2D eigenvalue weighted by molar-refractivity contribution is 5.79. The van der Waals surface area contributed by atoms with Gasteiger partial charge in [0.05, 0.1) is 6.04 Å². The van der Waals surface area contributed by atoms with Gasteiger partial charge in [-0.05, 0) is 44.3 Å². The summed E-state index contributed by atoms with van der Waals surface area (Å²) in [4.78, 5) is 14.9. The largest absolute Gasteiger partial charge is 0.349 e. The minimum Gasteiger partial charge on any atom is -0.349 e. The molecule has 3 heteroatoms. The van der Waals surface area contributed by atoms with Crippen molar-refractivity contribution in [2.24, 2.45) is 11.8 Å². The van der Waals surface area contributed by atoms with Crippen molar-refractivity contribution < 1.29 is 4.79 Å². The molecule has 0 radical (unpaired) electrons. The first kappa shape index (κ1) is 16.0. The number of hydrogen-bond donors (Lipinski definition) is 1. The molecule has 0 aliphatic carbocycles. The molecule has 1 aromatic rings. The van der Waals surface area contributed by atoms with Crippen LogP contribution in [0.25, 0.3) is 0 Å². The van der Waals surface area contributed by atoms with Crippen molar-refractivity contribution in [1.82, 2.24) is 10.2 Å². The van der Waals surface area contributed by atoms with Gasteiger partial charge in [0.2, 0.25) is 5.91 Å². The van der Waals surface area contributed by atoms with Crippen molar-refractivity contribution >= 4 is 5.91 Å². The van der Waals surface area contributed by atoms with E-state index in [4.69, 9.17) is 0 Å². The summed E-state index contributed by atoms with van der Waals surface area (Å²) in [5, 5.41) is 3.16. The summed E-state index contributed by atoms with van der Waals surface area (Å²) in [6.45, 7) is 9.81. The lowest BCUT2D eigenvalue weighted by atomic mass is 9.94. The summed E-state index contributed by atoms with van der Waals surface area (Å²) in [6, 6.07) is 10.3. The molecule has 1 aliphatic heterocycles. The van der Waals surface area contributed by atoms with Gasteiger partial charge in [0.1, 0.15) is 0 Å². The summed E-state index contributed by atoms with van der Waals surface area (Å²) in [5.41, 5.74) is 1.17. The molecule has 1 amide bonds. The van der Waals surface area contributed by atoms with E-state index in [1.54, 1.807) is 0 Å². The van der Waals surface area contributed by atoms with Crippen molar-refractivity contribution in [3.05, 3.63) is 35.9 Å². The van der Waals surface area contributed by atoms with Gasteiger partial charge in [0, 0.05) is 12.5 Å². The van der Waals surface area contributed by atoms with Gasteiger partial charge in [-0.15, -0.1) is 0 Å². The van der Waals surface area contributed by atoms with Crippen molar-refractivity contribution in [1.29, 1.82) is 0 Å². The van der Waals surface area contributed by atoms with Crippen molar-refractivity contribution in [3.8, 4) is 0 Å². The van der Waals surface area contributed by atoms with E-state index in [9.17, 15) is 4.79 Å². The molecular formula is C18H28N2O. The van der Waals surface area contributed by atoms with Gasteiger partial charge >= 0.3 is 0 Å². The Hall–Kier alpha value is -1.35. The quantitative estimate of drug-likeness (QED) is 0.902. The van der Waals surface area contributed by atoms with Crippen LogP contribution in [0.2, 0.25) is 0 Å². The Morgan fingerprint density at radius 3 is 2.38 bits per heavy atom. The summed E-state index contributed by atoms with van der Waals surface area (Å²) in [7, 11) is 0. The predicted molar refractivity (Wildman–Crippen MR) is 87.0 cm³/mol. The Morgan fingerprint density at radius 1 is 1.19 bits per heavy atom. The molecule has 0 spiro atoms. The molecule has 1 saturated heterocycles. The fourth-order valence-electron chi connectivity index (χ4n) is 3.05. The van der Waals surface area contributed by atoms with Crippen LogP contribution in [0.1, 0.15) is 45.2 Å². The molecule has 0 unspecified atom stereocenters. The zero-order chi connectivity index (χ0) is 15.2. The third kappa shape index (κ3) is 4.85. The normalized spacial score (nSPS) is 18.7. The van der Waals surface area contributed by atoms with E-state index in [1.165, 1.54) is 5.56 Å². The van der Waals surface area contributed by atoms with Crippen LogP contribution in [0.3, 0.4) is 0 Å². The molecule has 1 heterocycles. The third-order valence-electron chi connectivity index (χ3n) is 4.24. The maximum absolute atomic E-state index is 12.4. The van der Waals surface area contributed by atoms with Gasteiger partial charge in [0.25, 0.3) is 0 Å². The second kappa shape index (κ2) is 7.60. The molecule has 0 bridgehead atoms. The number of nitrogens with one attached hydrogen (secondary N) is 1. The Balaban J connectivity index is 1.80. The monoisotopic (exact) mass is 288 g/mol. The lowest BCUT2D eigenvalue weighted by Crippen LogP contribution is -2.42. The Morgan fingerprint density at radius 2 is 1.81 bits per heavy atom. The SMILES string of the molecule is CC(C)CN1CCC(C(=O)N[C@@H](C)c2ccccc2)CC1. The maximum Gasteiger partial charge on any atom is 0.223 e. The zero-order valence-electron chi connectivity index (χ0n) is 13.5. The minimum absolute atomic E-state index is 0.0902. The van der Waals surface area contributed by atoms with Crippen LogP contribution in [-0.4, -0.2) is 30.4 Å². The first-order chi connectivity index (χ1) is 10.1. The Labute approximate surface area is 128 Å². The van der Waals surface area contributed by atoms with E-state index >= 15 is 0 Å². The molecular weight excluding hydrogens is 260 g/mol. The van der Waals surface area contributed by atoms with Crippen molar-refractivity contribution in [2.75, 3.05) is 19.6 Å². The average molecular weight is 288 g/mol. The predicted octanol–water partition coefficient (Wildman–Crippen LogP) is 3.23. The molecule has 1 fully saturated rings. The number of nitrogens with zero attached hydrogens (tertiary/aromatic N) is 1.